The van der Waals surface area contributed by atoms with Gasteiger partial charge >= 0.3 is 7.82 Å². The number of rotatable bonds is 46. The number of hydrogen-bond donors (Lipinski definition) is 3. The molecule has 0 spiro atoms. The molecule has 3 atom stereocenters. The summed E-state index contributed by atoms with van der Waals surface area (Å²) >= 11 is 0. The molecule has 0 aliphatic carbocycles. The van der Waals surface area contributed by atoms with E-state index in [2.05, 4.69) is 104 Å². The number of nitrogens with one attached hydrogen (secondary N) is 1. The van der Waals surface area contributed by atoms with Crippen molar-refractivity contribution in [2.45, 2.75) is 219 Å². The molecule has 8 nitrogen and oxygen atoms in total. The van der Waals surface area contributed by atoms with Gasteiger partial charge in [0, 0.05) is 6.42 Å². The molecule has 370 valence electrons. The van der Waals surface area contributed by atoms with Gasteiger partial charge < -0.3 is 19.8 Å². The van der Waals surface area contributed by atoms with Crippen molar-refractivity contribution in [2.24, 2.45) is 0 Å². The lowest BCUT2D eigenvalue weighted by molar-refractivity contribution is -0.870. The number of likely N-dealkylation sites (N-methyl/N-ethyl adjacent to an activating group) is 1. The molecule has 1 amide bonds. The van der Waals surface area contributed by atoms with Crippen LogP contribution in [-0.4, -0.2) is 73.4 Å². The third kappa shape index (κ3) is 47.6. The zero-order chi connectivity index (χ0) is 47.1. The fourth-order valence-corrected chi connectivity index (χ4v) is 7.82. The molecule has 0 saturated carbocycles. The summed E-state index contributed by atoms with van der Waals surface area (Å²) in [7, 11) is 1.60. The van der Waals surface area contributed by atoms with E-state index in [1.807, 2.05) is 21.1 Å². The van der Waals surface area contributed by atoms with E-state index in [-0.39, 0.29) is 19.1 Å². The van der Waals surface area contributed by atoms with Crippen LogP contribution in [-0.2, 0) is 18.4 Å². The van der Waals surface area contributed by atoms with Crippen molar-refractivity contribution in [3.05, 3.63) is 85.1 Å². The van der Waals surface area contributed by atoms with Gasteiger partial charge in [0.05, 0.1) is 39.9 Å². The van der Waals surface area contributed by atoms with Crippen LogP contribution in [0.25, 0.3) is 0 Å². The Labute approximate surface area is 395 Å². The van der Waals surface area contributed by atoms with Crippen LogP contribution in [0, 0.1) is 0 Å². The lowest BCUT2D eigenvalue weighted by atomic mass is 10.0. The standard InChI is InChI=1S/C55H99N2O6P/c1-6-8-10-11-12-13-14-15-16-17-18-19-20-21-22-23-24-25-26-27-28-29-30-31-32-33-34-35-36-37-38-39-40-41-42-43-44-45-47-49-55(59)56-53(54(58)48-46-9-7-2)52-63-64(60,61)62-51-50-57(3,4)5/h8,10,12-13,15-16,18-19,21-22,24-25,27-28,53-54,58H,6-7,9,11,14,17,20,23,26,29-52H2,1-5H3,(H-,56,59,60,61)/p+1/b10-8-,13-12-,16-15-,19-18-,22-21-,25-24-,28-27-. The molecule has 0 aromatic heterocycles. The van der Waals surface area contributed by atoms with Crippen molar-refractivity contribution in [1.29, 1.82) is 0 Å². The van der Waals surface area contributed by atoms with E-state index in [4.69, 9.17) is 9.05 Å². The fourth-order valence-electron chi connectivity index (χ4n) is 7.08. The lowest BCUT2D eigenvalue weighted by Gasteiger charge is -2.26. The van der Waals surface area contributed by atoms with Gasteiger partial charge in [0.1, 0.15) is 13.2 Å². The first kappa shape index (κ1) is 61.7. The van der Waals surface area contributed by atoms with Gasteiger partial charge in [0.2, 0.25) is 5.91 Å². The normalized spacial score (nSPS) is 14.8. The number of aliphatic hydroxyl groups is 1. The molecular weight excluding hydrogens is 816 g/mol. The average molecular weight is 916 g/mol. The first-order chi connectivity index (χ1) is 31.0. The van der Waals surface area contributed by atoms with Crippen molar-refractivity contribution >= 4 is 13.7 Å². The van der Waals surface area contributed by atoms with Crippen LogP contribution < -0.4 is 5.32 Å². The summed E-state index contributed by atoms with van der Waals surface area (Å²) in [6.45, 7) is 4.60. The molecule has 0 heterocycles. The molecule has 0 aromatic carbocycles. The van der Waals surface area contributed by atoms with Crippen LogP contribution in [0.3, 0.4) is 0 Å². The number of nitrogens with zero attached hydrogens (tertiary/aromatic N) is 1. The quantitative estimate of drug-likeness (QED) is 0.0243. The number of carbonyl (C=O) groups excluding carboxylic acids is 1. The van der Waals surface area contributed by atoms with E-state index in [1.54, 1.807) is 0 Å². The van der Waals surface area contributed by atoms with Gasteiger partial charge in [-0.25, -0.2) is 4.57 Å². The highest BCUT2D eigenvalue weighted by Crippen LogP contribution is 2.43. The van der Waals surface area contributed by atoms with Crippen molar-refractivity contribution in [2.75, 3.05) is 40.9 Å². The smallest absolute Gasteiger partial charge is 0.391 e. The van der Waals surface area contributed by atoms with Crippen LogP contribution in [0.1, 0.15) is 206 Å². The van der Waals surface area contributed by atoms with Crippen LogP contribution in [0.2, 0.25) is 0 Å². The molecule has 0 fully saturated rings. The summed E-state index contributed by atoms with van der Waals surface area (Å²) in [6, 6.07) is -0.758. The monoisotopic (exact) mass is 916 g/mol. The van der Waals surface area contributed by atoms with Crippen molar-refractivity contribution in [3.8, 4) is 0 Å². The van der Waals surface area contributed by atoms with E-state index in [0.717, 1.165) is 83.5 Å². The number of phosphoric ester groups is 1. The number of unbranched alkanes of at least 4 members (excludes halogenated alkanes) is 19. The summed E-state index contributed by atoms with van der Waals surface area (Å²) in [6.07, 6.45) is 64.5. The zero-order valence-electron chi connectivity index (χ0n) is 42.0. The van der Waals surface area contributed by atoms with Gasteiger partial charge in [-0.2, -0.15) is 0 Å². The maximum atomic E-state index is 12.7. The molecule has 0 radical (unpaired) electrons. The molecule has 0 aliphatic rings. The van der Waals surface area contributed by atoms with Crippen LogP contribution in [0.4, 0.5) is 0 Å². The largest absolute Gasteiger partial charge is 0.472 e. The second-order valence-electron chi connectivity index (χ2n) is 18.5. The van der Waals surface area contributed by atoms with E-state index < -0.39 is 20.0 Å². The maximum Gasteiger partial charge on any atom is 0.472 e. The molecule has 0 bridgehead atoms. The Morgan fingerprint density at radius 1 is 0.547 bits per heavy atom. The molecule has 3 N–H and O–H groups in total. The van der Waals surface area contributed by atoms with Gasteiger partial charge in [-0.15, -0.1) is 0 Å². The Morgan fingerprint density at radius 3 is 1.34 bits per heavy atom. The molecular formula is C55H100N2O6P+. The van der Waals surface area contributed by atoms with Gasteiger partial charge in [-0.05, 0) is 70.6 Å². The lowest BCUT2D eigenvalue weighted by Crippen LogP contribution is -2.46. The van der Waals surface area contributed by atoms with E-state index in [9.17, 15) is 19.4 Å². The summed E-state index contributed by atoms with van der Waals surface area (Å²) in [5, 5.41) is 13.6. The number of aliphatic hydroxyl groups excluding tert-OH is 1. The summed E-state index contributed by atoms with van der Waals surface area (Å²) in [5.41, 5.74) is 0. The van der Waals surface area contributed by atoms with Crippen LogP contribution >= 0.6 is 7.82 Å². The number of quaternary nitrogens is 1. The highest BCUT2D eigenvalue weighted by atomic mass is 31.2. The zero-order valence-corrected chi connectivity index (χ0v) is 42.9. The molecule has 0 aromatic rings. The SMILES string of the molecule is CC/C=C\C/C=C\C/C=C\C/C=C\C/C=C\C/C=C\C/C=C\CCCCCCCCCCCCCCCCCCCC(=O)NC(COP(=O)(O)OCC[N+](C)(C)C)C(O)CCCCC. The number of hydrogen-bond acceptors (Lipinski definition) is 5. The summed E-state index contributed by atoms with van der Waals surface area (Å²) in [4.78, 5) is 22.9. The minimum absolute atomic E-state index is 0.0711. The molecule has 64 heavy (non-hydrogen) atoms. The van der Waals surface area contributed by atoms with Gasteiger partial charge in [0.25, 0.3) is 0 Å². The molecule has 0 rings (SSSR count). The van der Waals surface area contributed by atoms with Gasteiger partial charge in [0.15, 0.2) is 0 Å². The maximum absolute atomic E-state index is 12.7. The van der Waals surface area contributed by atoms with Crippen molar-refractivity contribution in [3.63, 3.8) is 0 Å². The van der Waals surface area contributed by atoms with E-state index in [0.29, 0.717) is 23.9 Å². The van der Waals surface area contributed by atoms with E-state index >= 15 is 0 Å². The second kappa shape index (κ2) is 45.8. The Balaban J connectivity index is 3.72. The van der Waals surface area contributed by atoms with Crippen LogP contribution in [0.15, 0.2) is 85.1 Å². The van der Waals surface area contributed by atoms with Gasteiger partial charge in [-0.3, -0.25) is 13.8 Å². The minimum atomic E-state index is -4.29. The fraction of sp³-hybridized carbons (Fsp3) is 0.727. The predicted molar refractivity (Wildman–Crippen MR) is 276 cm³/mol. The Kier molecular flexibility index (Phi) is 44.2. The van der Waals surface area contributed by atoms with Crippen molar-refractivity contribution < 1.29 is 32.9 Å². The Hall–Kier alpha value is -2.32. The second-order valence-corrected chi connectivity index (χ2v) is 20.0. The predicted octanol–water partition coefficient (Wildman–Crippen LogP) is 15.3. The first-order valence-corrected chi connectivity index (χ1v) is 27.4. The van der Waals surface area contributed by atoms with Crippen LogP contribution in [0.5, 0.6) is 0 Å². The number of phosphoric acid groups is 1. The minimum Gasteiger partial charge on any atom is -0.391 e. The van der Waals surface area contributed by atoms with Crippen molar-refractivity contribution in [1.82, 2.24) is 5.32 Å². The average Bonchev–Trinajstić information content (AvgIpc) is 3.25. The molecule has 9 heteroatoms. The first-order valence-electron chi connectivity index (χ1n) is 26.0. The molecule has 0 aliphatic heterocycles. The summed E-state index contributed by atoms with van der Waals surface area (Å²) in [5.74, 6) is -0.158. The topological polar surface area (TPSA) is 105 Å². The third-order valence-electron chi connectivity index (χ3n) is 11.2. The number of amides is 1. The number of carbonyl (C=O) groups is 1. The third-order valence-corrected chi connectivity index (χ3v) is 12.1. The number of allylic oxidation sites excluding steroid dienone is 14. The highest BCUT2D eigenvalue weighted by Gasteiger charge is 2.28. The Morgan fingerprint density at radius 2 is 0.938 bits per heavy atom. The molecule has 0 saturated heterocycles. The Bertz CT molecular complexity index is 1310. The van der Waals surface area contributed by atoms with Gasteiger partial charge in [-0.1, -0.05) is 214 Å². The molecule has 3 unspecified atom stereocenters. The summed E-state index contributed by atoms with van der Waals surface area (Å²) < 4.78 is 23.3. The highest BCUT2D eigenvalue weighted by molar-refractivity contribution is 7.47. The van der Waals surface area contributed by atoms with E-state index in [1.165, 1.54) is 96.3 Å².